The summed E-state index contributed by atoms with van der Waals surface area (Å²) in [6.07, 6.45) is 15.0. The second kappa shape index (κ2) is 31.7. The predicted octanol–water partition coefficient (Wildman–Crippen LogP) is 5.45. The molecule has 2 aromatic carbocycles. The van der Waals surface area contributed by atoms with Crippen molar-refractivity contribution in [1.29, 1.82) is 5.41 Å². The average Bonchev–Trinajstić information content (AvgIpc) is 3.89. The van der Waals surface area contributed by atoms with Crippen molar-refractivity contribution in [3.63, 3.8) is 0 Å². The van der Waals surface area contributed by atoms with Gasteiger partial charge in [-0.3, -0.25) is 34.2 Å². The highest BCUT2D eigenvalue weighted by Gasteiger charge is 2.35. The quantitative estimate of drug-likeness (QED) is 0.0402. The van der Waals surface area contributed by atoms with Crippen LogP contribution in [0.25, 0.3) is 0 Å². The molecule has 2 aromatic rings. The van der Waals surface area contributed by atoms with Crippen molar-refractivity contribution in [1.82, 2.24) is 40.9 Å². The van der Waals surface area contributed by atoms with Gasteiger partial charge in [0.1, 0.15) is 18.5 Å². The van der Waals surface area contributed by atoms with Crippen molar-refractivity contribution in [3.05, 3.63) is 70.8 Å². The molecule has 413 valence electrons. The first-order valence-electron chi connectivity index (χ1n) is 28.1. The van der Waals surface area contributed by atoms with Crippen molar-refractivity contribution in [2.45, 2.75) is 166 Å². The molecule has 6 rings (SSSR count). The molecule has 2 saturated heterocycles. The largest absolute Gasteiger partial charge is 0.555 e. The van der Waals surface area contributed by atoms with Gasteiger partial charge in [0.05, 0.1) is 11.9 Å². The van der Waals surface area contributed by atoms with Gasteiger partial charge in [-0.15, -0.1) is 0 Å². The van der Waals surface area contributed by atoms with Crippen LogP contribution in [-0.4, -0.2) is 154 Å². The number of hydrogen-bond acceptors (Lipinski definition) is 11. The molecule has 18 heteroatoms. The zero-order valence-corrected chi connectivity index (χ0v) is 46.1. The Morgan fingerprint density at radius 3 is 1.35 bits per heavy atom. The van der Waals surface area contributed by atoms with E-state index in [0.717, 1.165) is 106 Å². The Morgan fingerprint density at radius 1 is 0.600 bits per heavy atom. The van der Waals surface area contributed by atoms with Crippen LogP contribution in [0.3, 0.4) is 0 Å². The number of likely N-dealkylation sites (N-methyl/N-ethyl adjacent to an activating group) is 2. The van der Waals surface area contributed by atoms with E-state index in [9.17, 15) is 28.8 Å². The van der Waals surface area contributed by atoms with E-state index in [1.54, 1.807) is 13.8 Å². The molecule has 2 saturated carbocycles. The van der Waals surface area contributed by atoms with Crippen LogP contribution in [0.15, 0.2) is 48.5 Å². The Balaban J connectivity index is 0.000000278. The van der Waals surface area contributed by atoms with Crippen molar-refractivity contribution in [2.24, 2.45) is 17.6 Å². The van der Waals surface area contributed by atoms with Gasteiger partial charge in [0.15, 0.2) is 0 Å². The number of carbonyl (C=O) groups is 6. The van der Waals surface area contributed by atoms with Crippen molar-refractivity contribution in [2.75, 3.05) is 66.5 Å². The lowest BCUT2D eigenvalue weighted by Gasteiger charge is -2.36. The molecule has 0 aromatic heterocycles. The zero-order valence-electron chi connectivity index (χ0n) is 46.1. The number of nitrogens with zero attached hydrogens (tertiary/aromatic N) is 4. The Bertz CT molecular complexity index is 2100. The van der Waals surface area contributed by atoms with Crippen molar-refractivity contribution >= 4 is 49.3 Å². The summed E-state index contributed by atoms with van der Waals surface area (Å²) in [6.45, 7) is 14.3. The summed E-state index contributed by atoms with van der Waals surface area (Å²) in [4.78, 5) is 85.2. The third-order valence-corrected chi connectivity index (χ3v) is 16.1. The lowest BCUT2D eigenvalue weighted by atomic mass is 9.68. The molecule has 2 aliphatic heterocycles. The van der Waals surface area contributed by atoms with Gasteiger partial charge in [-0.25, -0.2) is 0 Å². The van der Waals surface area contributed by atoms with Gasteiger partial charge in [-0.2, -0.15) is 0 Å². The Kier molecular flexibility index (Phi) is 25.6. The summed E-state index contributed by atoms with van der Waals surface area (Å²) in [6, 6.07) is 14.1. The molecule has 6 amide bonds. The number of benzene rings is 2. The first-order valence-corrected chi connectivity index (χ1v) is 28.1. The van der Waals surface area contributed by atoms with Crippen LogP contribution < -0.4 is 27.0 Å². The highest BCUT2D eigenvalue weighted by atomic mass is 16.4. The van der Waals surface area contributed by atoms with Crippen LogP contribution in [0.2, 0.25) is 5.82 Å². The Hall–Kier alpha value is -5.33. The lowest BCUT2D eigenvalue weighted by molar-refractivity contribution is -0.138. The average molecular weight is 1040 g/mol. The first-order chi connectivity index (χ1) is 36.1. The maximum absolute atomic E-state index is 13.4. The second-order valence-electron chi connectivity index (χ2n) is 21.5. The van der Waals surface area contributed by atoms with Crippen LogP contribution in [0, 0.1) is 17.2 Å². The summed E-state index contributed by atoms with van der Waals surface area (Å²) >= 11 is 0. The van der Waals surface area contributed by atoms with E-state index in [0.29, 0.717) is 52.1 Å². The van der Waals surface area contributed by atoms with E-state index < -0.39 is 18.1 Å². The zero-order chi connectivity index (χ0) is 54.3. The highest BCUT2D eigenvalue weighted by Crippen LogP contribution is 2.33. The molecule has 2 heterocycles. The summed E-state index contributed by atoms with van der Waals surface area (Å²) < 4.78 is 5.12. The number of carbonyl (C=O) groups excluding carboxylic acids is 6. The van der Waals surface area contributed by atoms with E-state index in [1.165, 1.54) is 33.2 Å². The number of nitrogens with one attached hydrogen (secondary N) is 5. The molecule has 0 unspecified atom stereocenters. The molecular formula is C57H90BN10O7. The van der Waals surface area contributed by atoms with Crippen LogP contribution in [0.1, 0.15) is 152 Å². The van der Waals surface area contributed by atoms with E-state index in [2.05, 4.69) is 38.1 Å². The smallest absolute Gasteiger partial charge is 0.384 e. The molecule has 0 bridgehead atoms. The predicted molar refractivity (Wildman–Crippen MR) is 296 cm³/mol. The van der Waals surface area contributed by atoms with Gasteiger partial charge >= 0.3 is 7.48 Å². The monoisotopic (exact) mass is 1040 g/mol. The topological polar surface area (TPSA) is 223 Å². The number of nitrogens with two attached hydrogens (primary N) is 1. The Labute approximate surface area is 448 Å². The molecule has 6 atom stereocenters. The minimum atomic E-state index is -0.629. The molecule has 2 aliphatic carbocycles. The van der Waals surface area contributed by atoms with Gasteiger partial charge in [-0.1, -0.05) is 140 Å². The standard InChI is InChI=1S/C29H45BN5O4.C28H45N5O3/c1-4-25(36)33-27(29(38)35-17-15-34(3)16-18-35)21(2)23-13-11-22(12-14-23)19-32-28(37)26(30-39-20-31)24-9-7-5-6-8-10-24;1-4-24(34)31-26(28(36)33-17-15-32(3)16-18-33)20(2)22-13-11-21(12-14-22)19-30-27(35)25(29)23-9-7-5-6-8-10-23/h11-14,20-21,24,26-27,31H,4-10,15-19H2,1-3H3,(H,32,37)(H,33,36);11-14,20,23,25-26H,4-10,15-19,29H2,1-3H3,(H,30,35)(H,31,34)/t21-,26-,27+;20-,25-,26+/m00/s1. The molecule has 0 spiro atoms. The normalized spacial score (nSPS) is 19.7. The maximum Gasteiger partial charge on any atom is 0.384 e. The molecule has 4 fully saturated rings. The second-order valence-corrected chi connectivity index (χ2v) is 21.5. The van der Waals surface area contributed by atoms with E-state index in [4.69, 9.17) is 15.8 Å². The molecule has 4 aliphatic rings. The molecule has 17 nitrogen and oxygen atoms in total. The van der Waals surface area contributed by atoms with Gasteiger partial charge in [-0.05, 0) is 61.0 Å². The SMILES string of the molecule is CCC(=O)N[C@@H](C(=O)N1CCN(C)CC1)[C@@H](C)c1ccc(CNC(=O)[C@@H](N)C2CCCCCC2)cc1.CCC(=O)N[C@@H](C(=O)N1CCN(C)CC1)[C@@H](C)c1ccc(CNC(=O)[C@@H]([B]OC=N)C2CCCCCC2)cc1. The summed E-state index contributed by atoms with van der Waals surface area (Å²) in [5, 5.41) is 19.2. The molecule has 1 radical (unpaired) electrons. The van der Waals surface area contributed by atoms with Crippen LogP contribution in [-0.2, 0) is 46.5 Å². The van der Waals surface area contributed by atoms with E-state index in [1.807, 2.05) is 79.2 Å². The van der Waals surface area contributed by atoms with Crippen LogP contribution in [0.5, 0.6) is 0 Å². The number of piperazine rings is 2. The first kappa shape index (κ1) is 60.5. The summed E-state index contributed by atoms with van der Waals surface area (Å²) in [5.74, 6) is -0.771. The summed E-state index contributed by atoms with van der Waals surface area (Å²) in [5.41, 5.74) is 10.1. The molecular weight excluding hydrogens is 948 g/mol. The molecule has 7 N–H and O–H groups in total. The minimum Gasteiger partial charge on any atom is -0.555 e. The maximum atomic E-state index is 13.4. The van der Waals surface area contributed by atoms with Crippen LogP contribution in [0.4, 0.5) is 0 Å². The number of amides is 6. The number of rotatable bonds is 21. The highest BCUT2D eigenvalue weighted by molar-refractivity contribution is 6.39. The van der Waals surface area contributed by atoms with Gasteiger partial charge in [0.25, 0.3) is 0 Å². The summed E-state index contributed by atoms with van der Waals surface area (Å²) in [7, 11) is 5.60. The van der Waals surface area contributed by atoms with Gasteiger partial charge in [0.2, 0.25) is 35.4 Å². The van der Waals surface area contributed by atoms with E-state index >= 15 is 0 Å². The molecule has 75 heavy (non-hydrogen) atoms. The fourth-order valence-corrected chi connectivity index (χ4v) is 10.7. The van der Waals surface area contributed by atoms with Gasteiger partial charge < -0.3 is 51.3 Å². The van der Waals surface area contributed by atoms with Crippen molar-refractivity contribution in [3.8, 4) is 0 Å². The minimum absolute atomic E-state index is 0.0266. The van der Waals surface area contributed by atoms with Gasteiger partial charge in [0, 0.05) is 90.1 Å². The van der Waals surface area contributed by atoms with E-state index in [-0.39, 0.29) is 64.9 Å². The fourth-order valence-electron chi connectivity index (χ4n) is 10.7. The lowest BCUT2D eigenvalue weighted by Crippen LogP contribution is -2.55. The Morgan fingerprint density at radius 2 is 0.973 bits per heavy atom. The van der Waals surface area contributed by atoms with Crippen molar-refractivity contribution < 1.29 is 33.4 Å². The number of hydrogen-bond donors (Lipinski definition) is 6. The fraction of sp³-hybridized carbons (Fsp3) is 0.667. The third kappa shape index (κ3) is 19.0. The van der Waals surface area contributed by atoms with Crippen LogP contribution >= 0.6 is 0 Å². The third-order valence-electron chi connectivity index (χ3n) is 16.1.